The van der Waals surface area contributed by atoms with Crippen molar-refractivity contribution in [2.75, 3.05) is 13.6 Å². The third-order valence-corrected chi connectivity index (χ3v) is 3.44. The molecule has 0 fully saturated rings. The van der Waals surface area contributed by atoms with Crippen LogP contribution in [0.15, 0.2) is 54.6 Å². The second-order valence-electron chi connectivity index (χ2n) is 5.14. The molecule has 2 aromatic rings. The van der Waals surface area contributed by atoms with Gasteiger partial charge >= 0.3 is 0 Å². The largest absolute Gasteiger partial charge is 0.323 e. The summed E-state index contributed by atoms with van der Waals surface area (Å²) in [5.74, 6) is 0. The van der Waals surface area contributed by atoms with E-state index in [4.69, 9.17) is 5.73 Å². The van der Waals surface area contributed by atoms with Gasteiger partial charge in [0.15, 0.2) is 0 Å². The lowest BCUT2D eigenvalue weighted by Crippen LogP contribution is -2.29. The van der Waals surface area contributed by atoms with Gasteiger partial charge < -0.3 is 10.6 Å². The lowest BCUT2D eigenvalue weighted by Gasteiger charge is -2.22. The Morgan fingerprint density at radius 3 is 2.32 bits per heavy atom. The summed E-state index contributed by atoms with van der Waals surface area (Å²) in [7, 11) is 2.12. The van der Waals surface area contributed by atoms with Crippen molar-refractivity contribution in [3.63, 3.8) is 0 Å². The number of hydrogen-bond donors (Lipinski definition) is 1. The number of likely N-dealkylation sites (N-methyl/N-ethyl adjacent to an activating group) is 1. The highest BCUT2D eigenvalue weighted by atomic mass is 15.1. The quantitative estimate of drug-likeness (QED) is 0.888. The molecule has 0 bridgehead atoms. The van der Waals surface area contributed by atoms with Crippen LogP contribution in [0.5, 0.6) is 0 Å². The van der Waals surface area contributed by atoms with Gasteiger partial charge in [-0.05, 0) is 30.7 Å². The normalized spacial score (nSPS) is 12.6. The van der Waals surface area contributed by atoms with Crippen molar-refractivity contribution in [3.8, 4) is 0 Å². The second kappa shape index (κ2) is 6.50. The summed E-state index contributed by atoms with van der Waals surface area (Å²) < 4.78 is 0. The molecular weight excluding hydrogens is 232 g/mol. The van der Waals surface area contributed by atoms with Crippen LogP contribution < -0.4 is 5.73 Å². The first kappa shape index (κ1) is 13.8. The Hall–Kier alpha value is -1.64. The van der Waals surface area contributed by atoms with E-state index < -0.39 is 0 Å². The highest BCUT2D eigenvalue weighted by molar-refractivity contribution is 5.25. The predicted molar refractivity (Wildman–Crippen MR) is 80.9 cm³/mol. The Bertz CT molecular complexity index is 508. The van der Waals surface area contributed by atoms with Crippen LogP contribution in [0.1, 0.15) is 22.7 Å². The van der Waals surface area contributed by atoms with Crippen LogP contribution in [0.3, 0.4) is 0 Å². The summed E-state index contributed by atoms with van der Waals surface area (Å²) >= 11 is 0. The topological polar surface area (TPSA) is 29.3 Å². The van der Waals surface area contributed by atoms with Gasteiger partial charge in [-0.1, -0.05) is 54.6 Å². The minimum atomic E-state index is 0.0650. The van der Waals surface area contributed by atoms with Crippen LogP contribution in [-0.4, -0.2) is 18.5 Å². The van der Waals surface area contributed by atoms with Crippen LogP contribution in [-0.2, 0) is 6.54 Å². The van der Waals surface area contributed by atoms with Gasteiger partial charge in [-0.2, -0.15) is 0 Å². The standard InChI is InChI=1S/C17H22N2/c1-14-8-6-7-11-16(14)12-19(2)13-17(18)15-9-4-3-5-10-15/h3-11,17H,12-13,18H2,1-2H3. The van der Waals surface area contributed by atoms with Gasteiger partial charge in [0, 0.05) is 19.1 Å². The van der Waals surface area contributed by atoms with E-state index in [9.17, 15) is 0 Å². The van der Waals surface area contributed by atoms with Gasteiger partial charge in [-0.3, -0.25) is 0 Å². The summed E-state index contributed by atoms with van der Waals surface area (Å²) in [5, 5.41) is 0. The van der Waals surface area contributed by atoms with Gasteiger partial charge in [-0.25, -0.2) is 0 Å². The van der Waals surface area contributed by atoms with Crippen molar-refractivity contribution in [2.24, 2.45) is 5.73 Å². The van der Waals surface area contributed by atoms with Crippen LogP contribution >= 0.6 is 0 Å². The molecule has 2 N–H and O–H groups in total. The van der Waals surface area contributed by atoms with Crippen molar-refractivity contribution in [3.05, 3.63) is 71.3 Å². The number of nitrogens with zero attached hydrogens (tertiary/aromatic N) is 1. The summed E-state index contributed by atoms with van der Waals surface area (Å²) in [6.07, 6.45) is 0. The summed E-state index contributed by atoms with van der Waals surface area (Å²) in [6, 6.07) is 18.8. The maximum atomic E-state index is 6.25. The van der Waals surface area contributed by atoms with Gasteiger partial charge in [0.2, 0.25) is 0 Å². The molecule has 0 aliphatic carbocycles. The molecule has 0 saturated heterocycles. The Kier molecular flexibility index (Phi) is 4.72. The molecule has 1 atom stereocenters. The van der Waals surface area contributed by atoms with Gasteiger partial charge in [0.05, 0.1) is 0 Å². The first-order valence-electron chi connectivity index (χ1n) is 6.70. The fourth-order valence-electron chi connectivity index (χ4n) is 2.28. The lowest BCUT2D eigenvalue weighted by atomic mass is 10.1. The fraction of sp³-hybridized carbons (Fsp3) is 0.294. The molecular formula is C17H22N2. The van der Waals surface area contributed by atoms with E-state index in [0.717, 1.165) is 13.1 Å². The Morgan fingerprint density at radius 1 is 1.00 bits per heavy atom. The van der Waals surface area contributed by atoms with Crippen LogP contribution in [0.25, 0.3) is 0 Å². The number of benzene rings is 2. The minimum Gasteiger partial charge on any atom is -0.323 e. The summed E-state index contributed by atoms with van der Waals surface area (Å²) in [6.45, 7) is 3.95. The fourth-order valence-corrected chi connectivity index (χ4v) is 2.28. The Morgan fingerprint density at radius 2 is 1.63 bits per heavy atom. The lowest BCUT2D eigenvalue weighted by molar-refractivity contribution is 0.304. The van der Waals surface area contributed by atoms with E-state index in [1.165, 1.54) is 16.7 Å². The van der Waals surface area contributed by atoms with Crippen molar-refractivity contribution >= 4 is 0 Å². The van der Waals surface area contributed by atoms with Crippen molar-refractivity contribution in [1.29, 1.82) is 0 Å². The SMILES string of the molecule is Cc1ccccc1CN(C)CC(N)c1ccccc1. The number of aryl methyl sites for hydroxylation is 1. The molecule has 0 saturated carbocycles. The molecule has 2 nitrogen and oxygen atoms in total. The molecule has 1 unspecified atom stereocenters. The van der Waals surface area contributed by atoms with Crippen LogP contribution in [0.2, 0.25) is 0 Å². The molecule has 0 spiro atoms. The van der Waals surface area contributed by atoms with E-state index in [2.05, 4.69) is 55.3 Å². The van der Waals surface area contributed by atoms with Crippen molar-refractivity contribution in [2.45, 2.75) is 19.5 Å². The van der Waals surface area contributed by atoms with E-state index in [0.29, 0.717) is 0 Å². The van der Waals surface area contributed by atoms with E-state index in [-0.39, 0.29) is 6.04 Å². The van der Waals surface area contributed by atoms with Crippen LogP contribution in [0, 0.1) is 6.92 Å². The average Bonchev–Trinajstić information content (AvgIpc) is 2.42. The molecule has 0 aliphatic rings. The first-order valence-corrected chi connectivity index (χ1v) is 6.70. The minimum absolute atomic E-state index is 0.0650. The van der Waals surface area contributed by atoms with Gasteiger partial charge in [0.1, 0.15) is 0 Å². The van der Waals surface area contributed by atoms with Crippen molar-refractivity contribution in [1.82, 2.24) is 4.90 Å². The highest BCUT2D eigenvalue weighted by Crippen LogP contribution is 2.14. The first-order chi connectivity index (χ1) is 9.16. The van der Waals surface area contributed by atoms with E-state index in [1.54, 1.807) is 0 Å². The molecule has 0 radical (unpaired) electrons. The molecule has 2 rings (SSSR count). The van der Waals surface area contributed by atoms with Gasteiger partial charge in [0.25, 0.3) is 0 Å². The van der Waals surface area contributed by atoms with E-state index >= 15 is 0 Å². The maximum absolute atomic E-state index is 6.25. The third-order valence-electron chi connectivity index (χ3n) is 3.44. The molecule has 2 heteroatoms. The Labute approximate surface area is 115 Å². The highest BCUT2D eigenvalue weighted by Gasteiger charge is 2.09. The van der Waals surface area contributed by atoms with E-state index in [1.807, 2.05) is 18.2 Å². The predicted octanol–water partition coefficient (Wildman–Crippen LogP) is 3.13. The smallest absolute Gasteiger partial charge is 0.0424 e. The number of nitrogens with two attached hydrogens (primary N) is 1. The third kappa shape index (κ3) is 3.91. The number of rotatable bonds is 5. The molecule has 19 heavy (non-hydrogen) atoms. The molecule has 0 aliphatic heterocycles. The second-order valence-corrected chi connectivity index (χ2v) is 5.14. The molecule has 0 aromatic heterocycles. The molecule has 0 amide bonds. The average molecular weight is 254 g/mol. The number of hydrogen-bond acceptors (Lipinski definition) is 2. The zero-order chi connectivity index (χ0) is 13.7. The van der Waals surface area contributed by atoms with Crippen molar-refractivity contribution < 1.29 is 0 Å². The molecule has 2 aromatic carbocycles. The van der Waals surface area contributed by atoms with Crippen LogP contribution in [0.4, 0.5) is 0 Å². The zero-order valence-electron chi connectivity index (χ0n) is 11.7. The monoisotopic (exact) mass is 254 g/mol. The maximum Gasteiger partial charge on any atom is 0.0424 e. The van der Waals surface area contributed by atoms with Gasteiger partial charge in [-0.15, -0.1) is 0 Å². The summed E-state index contributed by atoms with van der Waals surface area (Å²) in [5.41, 5.74) is 10.1. The Balaban J connectivity index is 1.95. The summed E-state index contributed by atoms with van der Waals surface area (Å²) in [4.78, 5) is 2.28. The molecule has 100 valence electrons. The zero-order valence-corrected chi connectivity index (χ0v) is 11.7. The molecule has 0 heterocycles.